The van der Waals surface area contributed by atoms with E-state index in [0.717, 1.165) is 63.7 Å². The van der Waals surface area contributed by atoms with Gasteiger partial charge in [0.05, 0.1) is 0 Å². The predicted molar refractivity (Wildman–Crippen MR) is 298 cm³/mol. The summed E-state index contributed by atoms with van der Waals surface area (Å²) < 4.78 is 16.9. The molecule has 0 aliphatic heterocycles. The number of rotatable bonds is 58. The Balaban J connectivity index is 4.29. The maximum absolute atomic E-state index is 12.9. The minimum atomic E-state index is -0.763. The second kappa shape index (κ2) is 57.3. The maximum Gasteiger partial charge on any atom is 0.306 e. The topological polar surface area (TPSA) is 78.9 Å². The summed E-state index contributed by atoms with van der Waals surface area (Å²) in [6.45, 7) is 9.08. The van der Waals surface area contributed by atoms with Gasteiger partial charge in [-0.15, -0.1) is 0 Å². The average molecular weight is 976 g/mol. The van der Waals surface area contributed by atoms with Crippen molar-refractivity contribution in [2.24, 2.45) is 5.92 Å². The Kier molecular flexibility index (Phi) is 56.0. The second-order valence-corrected chi connectivity index (χ2v) is 22.2. The lowest BCUT2D eigenvalue weighted by Crippen LogP contribution is -2.30. The molecule has 0 aromatic rings. The van der Waals surface area contributed by atoms with Crippen LogP contribution in [0.4, 0.5) is 0 Å². The van der Waals surface area contributed by atoms with Crippen molar-refractivity contribution < 1.29 is 28.6 Å². The molecule has 0 spiro atoms. The summed E-state index contributed by atoms with van der Waals surface area (Å²) >= 11 is 0. The predicted octanol–water partition coefficient (Wildman–Crippen LogP) is 21.0. The van der Waals surface area contributed by atoms with Gasteiger partial charge >= 0.3 is 17.9 Å². The summed E-state index contributed by atoms with van der Waals surface area (Å²) in [6.07, 6.45) is 63.9. The molecule has 0 unspecified atom stereocenters. The fourth-order valence-corrected chi connectivity index (χ4v) is 9.81. The Bertz CT molecular complexity index is 1040. The van der Waals surface area contributed by atoms with Crippen LogP contribution < -0.4 is 0 Å². The van der Waals surface area contributed by atoms with Gasteiger partial charge in [0.25, 0.3) is 0 Å². The van der Waals surface area contributed by atoms with Crippen molar-refractivity contribution in [3.8, 4) is 0 Å². The third-order valence-electron chi connectivity index (χ3n) is 14.5. The van der Waals surface area contributed by atoms with E-state index in [9.17, 15) is 14.4 Å². The van der Waals surface area contributed by atoms with Crippen LogP contribution in [0, 0.1) is 5.92 Å². The summed E-state index contributed by atoms with van der Waals surface area (Å²) in [5, 5.41) is 0. The number of carbonyl (C=O) groups is 3. The lowest BCUT2D eigenvalue weighted by molar-refractivity contribution is -0.167. The van der Waals surface area contributed by atoms with Crippen molar-refractivity contribution in [2.45, 2.75) is 368 Å². The fourth-order valence-electron chi connectivity index (χ4n) is 9.81. The van der Waals surface area contributed by atoms with E-state index < -0.39 is 6.10 Å². The molecular weight excluding hydrogens is 853 g/mol. The first-order valence-electron chi connectivity index (χ1n) is 31.4. The van der Waals surface area contributed by atoms with Crippen molar-refractivity contribution in [1.82, 2.24) is 0 Å². The first-order chi connectivity index (χ1) is 33.9. The molecular formula is C63H122O6. The summed E-state index contributed by atoms with van der Waals surface area (Å²) in [5.41, 5.74) is 0. The van der Waals surface area contributed by atoms with Crippen LogP contribution in [0.1, 0.15) is 362 Å². The molecule has 0 amide bonds. The average Bonchev–Trinajstić information content (AvgIpc) is 3.34. The van der Waals surface area contributed by atoms with Gasteiger partial charge in [-0.2, -0.15) is 0 Å². The van der Waals surface area contributed by atoms with Crippen molar-refractivity contribution in [2.75, 3.05) is 13.2 Å². The van der Waals surface area contributed by atoms with Gasteiger partial charge in [-0.3, -0.25) is 14.4 Å². The first kappa shape index (κ1) is 67.4. The van der Waals surface area contributed by atoms with Crippen LogP contribution in [0.2, 0.25) is 0 Å². The quantitative estimate of drug-likeness (QED) is 0.0343. The highest BCUT2D eigenvalue weighted by atomic mass is 16.6. The van der Waals surface area contributed by atoms with Crippen LogP contribution in [0.15, 0.2) is 0 Å². The van der Waals surface area contributed by atoms with E-state index in [0.29, 0.717) is 19.3 Å². The summed E-state index contributed by atoms with van der Waals surface area (Å²) in [5.74, 6) is 0.0107. The molecule has 0 heterocycles. The van der Waals surface area contributed by atoms with E-state index in [1.165, 1.54) is 257 Å². The number of hydrogen-bond donors (Lipinski definition) is 0. The summed E-state index contributed by atoms with van der Waals surface area (Å²) in [7, 11) is 0. The molecule has 6 heteroatoms. The third kappa shape index (κ3) is 57.2. The number of hydrogen-bond acceptors (Lipinski definition) is 6. The fraction of sp³-hybridized carbons (Fsp3) is 0.952. The zero-order valence-corrected chi connectivity index (χ0v) is 47.3. The van der Waals surface area contributed by atoms with Crippen LogP contribution in [-0.2, 0) is 28.6 Å². The second-order valence-electron chi connectivity index (χ2n) is 22.2. The Morgan fingerprint density at radius 2 is 0.478 bits per heavy atom. The van der Waals surface area contributed by atoms with Gasteiger partial charge in [-0.25, -0.2) is 0 Å². The highest BCUT2D eigenvalue weighted by Crippen LogP contribution is 2.19. The van der Waals surface area contributed by atoms with E-state index in [2.05, 4.69) is 27.7 Å². The SMILES string of the molecule is CCCCCCCCCCCCCCCCCCCCCC(=O)O[C@@H](COC(=O)CCCCCCCCCCCCCCCCCC)COC(=O)CCCCCCCCCCCCCCCC(C)C. The zero-order chi connectivity index (χ0) is 50.2. The van der Waals surface area contributed by atoms with Crippen LogP contribution >= 0.6 is 0 Å². The Morgan fingerprint density at radius 3 is 0.710 bits per heavy atom. The molecule has 6 nitrogen and oxygen atoms in total. The lowest BCUT2D eigenvalue weighted by Gasteiger charge is -2.18. The molecule has 0 N–H and O–H groups in total. The zero-order valence-electron chi connectivity index (χ0n) is 47.3. The number of unbranched alkanes of at least 4 members (excludes halogenated alkanes) is 45. The number of carbonyl (C=O) groups excluding carboxylic acids is 3. The molecule has 1 atom stereocenters. The van der Waals surface area contributed by atoms with Crippen LogP contribution in [0.3, 0.4) is 0 Å². The smallest absolute Gasteiger partial charge is 0.306 e. The van der Waals surface area contributed by atoms with Gasteiger partial charge in [0.15, 0.2) is 6.10 Å². The Hall–Kier alpha value is -1.59. The Labute approximate surface area is 431 Å². The summed E-state index contributed by atoms with van der Waals surface area (Å²) in [6, 6.07) is 0. The molecule has 69 heavy (non-hydrogen) atoms. The van der Waals surface area contributed by atoms with E-state index in [4.69, 9.17) is 14.2 Å². The standard InChI is InChI=1S/C63H122O6/c1-5-7-9-11-13-15-17-19-21-23-24-25-27-31-36-40-44-48-52-56-63(66)69-60(57-67-61(64)54-50-46-42-38-34-30-26-22-20-18-16-14-12-10-8-6-2)58-68-62(65)55-51-47-43-39-35-32-28-29-33-37-41-45-49-53-59(3)4/h59-60H,5-58H2,1-4H3/t60-/m0/s1. The van der Waals surface area contributed by atoms with Crippen molar-refractivity contribution in [3.63, 3.8) is 0 Å². The molecule has 0 aromatic heterocycles. The molecule has 0 radical (unpaired) electrons. The Morgan fingerprint density at radius 1 is 0.275 bits per heavy atom. The van der Waals surface area contributed by atoms with E-state index in [1.54, 1.807) is 0 Å². The van der Waals surface area contributed by atoms with Gasteiger partial charge in [0.1, 0.15) is 13.2 Å². The molecule has 0 rings (SSSR count). The van der Waals surface area contributed by atoms with Gasteiger partial charge < -0.3 is 14.2 Å². The molecule has 0 aliphatic rings. The molecule has 0 bridgehead atoms. The first-order valence-corrected chi connectivity index (χ1v) is 31.4. The number of esters is 3. The molecule has 0 saturated carbocycles. The van der Waals surface area contributed by atoms with Gasteiger partial charge in [-0.05, 0) is 25.2 Å². The minimum Gasteiger partial charge on any atom is -0.462 e. The molecule has 0 saturated heterocycles. The highest BCUT2D eigenvalue weighted by molar-refractivity contribution is 5.71. The van der Waals surface area contributed by atoms with Gasteiger partial charge in [0.2, 0.25) is 0 Å². The van der Waals surface area contributed by atoms with E-state index >= 15 is 0 Å². The molecule has 0 aliphatic carbocycles. The van der Waals surface area contributed by atoms with Gasteiger partial charge in [-0.1, -0.05) is 323 Å². The third-order valence-corrected chi connectivity index (χ3v) is 14.5. The van der Waals surface area contributed by atoms with Crippen molar-refractivity contribution >= 4 is 17.9 Å². The molecule has 0 fully saturated rings. The summed E-state index contributed by atoms with van der Waals surface area (Å²) in [4.78, 5) is 38.3. The normalized spacial score (nSPS) is 12.0. The van der Waals surface area contributed by atoms with Crippen LogP contribution in [-0.4, -0.2) is 37.2 Å². The van der Waals surface area contributed by atoms with E-state index in [-0.39, 0.29) is 31.1 Å². The van der Waals surface area contributed by atoms with Gasteiger partial charge in [0, 0.05) is 19.3 Å². The van der Waals surface area contributed by atoms with Crippen LogP contribution in [0.25, 0.3) is 0 Å². The monoisotopic (exact) mass is 975 g/mol. The highest BCUT2D eigenvalue weighted by Gasteiger charge is 2.19. The van der Waals surface area contributed by atoms with Crippen molar-refractivity contribution in [1.29, 1.82) is 0 Å². The largest absolute Gasteiger partial charge is 0.462 e. The minimum absolute atomic E-state index is 0.0613. The van der Waals surface area contributed by atoms with Crippen molar-refractivity contribution in [3.05, 3.63) is 0 Å². The molecule has 410 valence electrons. The number of ether oxygens (including phenoxy) is 3. The molecule has 0 aromatic carbocycles. The lowest BCUT2D eigenvalue weighted by atomic mass is 10.0. The van der Waals surface area contributed by atoms with Crippen LogP contribution in [0.5, 0.6) is 0 Å². The maximum atomic E-state index is 12.9. The van der Waals surface area contributed by atoms with E-state index in [1.807, 2.05) is 0 Å².